The van der Waals surface area contributed by atoms with Gasteiger partial charge in [0.15, 0.2) is 0 Å². The van der Waals surface area contributed by atoms with E-state index in [1.165, 1.54) is 16.7 Å². The molecular formula is C27H37N3O6S. The Labute approximate surface area is 219 Å². The Morgan fingerprint density at radius 3 is 2.70 bits per heavy atom. The van der Waals surface area contributed by atoms with Crippen molar-refractivity contribution in [3.05, 3.63) is 22.8 Å². The first-order valence-corrected chi connectivity index (χ1v) is 14.8. The van der Waals surface area contributed by atoms with Gasteiger partial charge in [-0.1, -0.05) is 31.0 Å². The van der Waals surface area contributed by atoms with Gasteiger partial charge in [0, 0.05) is 18.8 Å². The molecule has 1 N–H and O–H groups in total. The van der Waals surface area contributed by atoms with E-state index in [1.54, 1.807) is 4.72 Å². The van der Waals surface area contributed by atoms with Crippen molar-refractivity contribution in [3.8, 4) is 6.07 Å². The highest BCUT2D eigenvalue weighted by Gasteiger charge is 2.63. The molecule has 1 amide bonds. The number of esters is 1. The summed E-state index contributed by atoms with van der Waals surface area (Å²) in [5.41, 5.74) is 3.59. The summed E-state index contributed by atoms with van der Waals surface area (Å²) in [6.45, 7) is 5.38. The quantitative estimate of drug-likeness (QED) is 0.352. The summed E-state index contributed by atoms with van der Waals surface area (Å²) in [5.74, 6) is -0.161. The zero-order chi connectivity index (χ0) is 26.8. The Morgan fingerprint density at radius 1 is 1.22 bits per heavy atom. The minimum atomic E-state index is -4.26. The van der Waals surface area contributed by atoms with E-state index in [-0.39, 0.29) is 17.8 Å². The van der Waals surface area contributed by atoms with Gasteiger partial charge >= 0.3 is 16.3 Å². The fourth-order valence-electron chi connectivity index (χ4n) is 7.21. The molecule has 0 heterocycles. The first-order chi connectivity index (χ1) is 17.5. The number of allylic oxidation sites excluding steroid dienone is 4. The number of carbonyl (C=O) groups is 2. The highest BCUT2D eigenvalue weighted by Crippen LogP contribution is 2.65. The summed E-state index contributed by atoms with van der Waals surface area (Å²) in [6.07, 6.45) is 10.9. The van der Waals surface area contributed by atoms with Crippen molar-refractivity contribution in [2.45, 2.75) is 103 Å². The van der Waals surface area contributed by atoms with Gasteiger partial charge in [0.05, 0.1) is 18.2 Å². The van der Waals surface area contributed by atoms with Crippen molar-refractivity contribution in [2.24, 2.45) is 22.4 Å². The maximum absolute atomic E-state index is 12.7. The van der Waals surface area contributed by atoms with Crippen molar-refractivity contribution in [1.29, 1.82) is 5.26 Å². The lowest BCUT2D eigenvalue weighted by Crippen LogP contribution is -2.52. The molecule has 4 atom stereocenters. The molecule has 0 aromatic heterocycles. The van der Waals surface area contributed by atoms with Crippen molar-refractivity contribution in [3.63, 3.8) is 0 Å². The van der Waals surface area contributed by atoms with E-state index < -0.39 is 21.8 Å². The van der Waals surface area contributed by atoms with Gasteiger partial charge in [-0.25, -0.2) is 4.72 Å². The van der Waals surface area contributed by atoms with Crippen LogP contribution in [0.1, 0.15) is 97.8 Å². The van der Waals surface area contributed by atoms with Gasteiger partial charge in [0.2, 0.25) is 5.91 Å². The van der Waals surface area contributed by atoms with Crippen molar-refractivity contribution >= 4 is 27.9 Å². The number of fused-ring (bicyclic) bond motifs is 4. The molecule has 202 valence electrons. The minimum Gasteiger partial charge on any atom is -0.457 e. The highest BCUT2D eigenvalue weighted by atomic mass is 32.2. The number of oxime groups is 1. The van der Waals surface area contributed by atoms with Crippen LogP contribution in [0.5, 0.6) is 0 Å². The molecule has 0 radical (unpaired) electrons. The number of nitrogens with zero attached hydrogens (tertiary/aromatic N) is 2. The molecule has 4 aliphatic carbocycles. The average molecular weight is 532 g/mol. The maximum Gasteiger partial charge on any atom is 0.429 e. The number of nitrogens with one attached hydrogen (secondary N) is 1. The van der Waals surface area contributed by atoms with Crippen LogP contribution in [0, 0.1) is 28.6 Å². The largest absolute Gasteiger partial charge is 0.457 e. The van der Waals surface area contributed by atoms with Gasteiger partial charge < -0.3 is 4.74 Å². The number of amides is 1. The third-order valence-corrected chi connectivity index (χ3v) is 9.78. The standard InChI is InChI=1S/C27H37N3O6S/c1-4-5-6-25(32)35-27(15-16-28)14-12-24-23-9-7-19-17-20(29-36-37(33,34)30-18(2)31)8-10-21(19)22(23)11-13-26(24,27)3/h17,23-24H,4-15H2,1-3H3,(H,30,31)/b29-20-/t23-,24+,26+,27-/m1/s1. The van der Waals surface area contributed by atoms with Crippen LogP contribution in [0.3, 0.4) is 0 Å². The van der Waals surface area contributed by atoms with E-state index in [2.05, 4.69) is 22.4 Å². The second-order valence-electron chi connectivity index (χ2n) is 11.1. The number of hydrogen-bond donors (Lipinski definition) is 1. The first kappa shape index (κ1) is 27.4. The van der Waals surface area contributed by atoms with Crippen LogP contribution in [-0.4, -0.2) is 31.6 Å². The molecule has 0 saturated heterocycles. The van der Waals surface area contributed by atoms with Crippen molar-refractivity contribution < 1.29 is 27.0 Å². The lowest BCUT2D eigenvalue weighted by atomic mass is 9.54. The highest BCUT2D eigenvalue weighted by molar-refractivity contribution is 7.85. The van der Waals surface area contributed by atoms with Gasteiger partial charge in [0.25, 0.3) is 0 Å². The average Bonchev–Trinajstić information content (AvgIpc) is 3.12. The Kier molecular flexibility index (Phi) is 7.84. The minimum absolute atomic E-state index is 0.182. The van der Waals surface area contributed by atoms with Crippen LogP contribution in [0.4, 0.5) is 0 Å². The first-order valence-electron chi connectivity index (χ1n) is 13.3. The van der Waals surface area contributed by atoms with Gasteiger partial charge in [-0.05, 0) is 86.8 Å². The van der Waals surface area contributed by atoms with Crippen LogP contribution in [0.25, 0.3) is 0 Å². The predicted octanol–water partition coefficient (Wildman–Crippen LogP) is 4.76. The molecule has 0 aliphatic heterocycles. The summed E-state index contributed by atoms with van der Waals surface area (Å²) in [7, 11) is -4.26. The van der Waals surface area contributed by atoms with Gasteiger partial charge in [-0.2, -0.15) is 13.7 Å². The summed E-state index contributed by atoms with van der Waals surface area (Å²) >= 11 is 0. The van der Waals surface area contributed by atoms with E-state index >= 15 is 0 Å². The second kappa shape index (κ2) is 10.6. The van der Waals surface area contributed by atoms with Crippen LogP contribution in [0.2, 0.25) is 0 Å². The van der Waals surface area contributed by atoms with Crippen molar-refractivity contribution in [2.75, 3.05) is 0 Å². The van der Waals surface area contributed by atoms with E-state index in [9.17, 15) is 23.3 Å². The smallest absolute Gasteiger partial charge is 0.429 e. The summed E-state index contributed by atoms with van der Waals surface area (Å²) in [6, 6.07) is 2.34. The Hall–Kier alpha value is -2.67. The number of nitriles is 1. The number of carbonyl (C=O) groups excluding carboxylic acids is 2. The Balaban J connectivity index is 1.55. The zero-order valence-electron chi connectivity index (χ0n) is 22.0. The SMILES string of the molecule is CCCCC(=O)O[C@@]1(CC#N)CC[C@H]2[C@@H]3CCC4=C/C(=N\OS(=O)(=O)NC(C)=O)CCC4=C3CC[C@@]21C. The molecule has 0 aromatic rings. The molecule has 2 fully saturated rings. The fraction of sp³-hybridized carbons (Fsp3) is 0.704. The van der Waals surface area contributed by atoms with Gasteiger partial charge in [-0.3, -0.25) is 13.9 Å². The van der Waals surface area contributed by atoms with Crippen LogP contribution in [0.15, 0.2) is 28.0 Å². The van der Waals surface area contributed by atoms with Crippen LogP contribution >= 0.6 is 0 Å². The molecule has 4 rings (SSSR count). The fourth-order valence-corrected chi connectivity index (χ4v) is 7.80. The van der Waals surface area contributed by atoms with E-state index in [1.807, 2.05) is 13.0 Å². The molecule has 2 saturated carbocycles. The normalized spacial score (nSPS) is 31.9. The molecule has 9 nitrogen and oxygen atoms in total. The predicted molar refractivity (Wildman–Crippen MR) is 137 cm³/mol. The second-order valence-corrected chi connectivity index (χ2v) is 12.3. The number of ether oxygens (including phenoxy) is 1. The summed E-state index contributed by atoms with van der Waals surface area (Å²) < 4.78 is 36.1. The molecule has 37 heavy (non-hydrogen) atoms. The van der Waals surface area contributed by atoms with Crippen molar-refractivity contribution in [1.82, 2.24) is 4.72 Å². The van der Waals surface area contributed by atoms with Crippen LogP contribution < -0.4 is 4.72 Å². The van der Waals surface area contributed by atoms with Gasteiger partial charge in [-0.15, -0.1) is 0 Å². The zero-order valence-corrected chi connectivity index (χ0v) is 22.8. The third-order valence-electron chi connectivity index (χ3n) is 8.97. The number of unbranched alkanes of at least 4 members (excludes halogenated alkanes) is 1. The topological polar surface area (TPSA) is 135 Å². The van der Waals surface area contributed by atoms with E-state index in [0.29, 0.717) is 30.4 Å². The Bertz CT molecular complexity index is 1200. The summed E-state index contributed by atoms with van der Waals surface area (Å²) in [4.78, 5) is 23.7. The van der Waals surface area contributed by atoms with E-state index in [4.69, 9.17) is 4.74 Å². The third kappa shape index (κ3) is 5.33. The molecule has 0 unspecified atom stereocenters. The number of hydrogen-bond acceptors (Lipinski definition) is 8. The lowest BCUT2D eigenvalue weighted by Gasteiger charge is -2.52. The number of rotatable bonds is 8. The molecular weight excluding hydrogens is 494 g/mol. The molecule has 4 aliphatic rings. The van der Waals surface area contributed by atoms with E-state index in [0.717, 1.165) is 64.7 Å². The summed E-state index contributed by atoms with van der Waals surface area (Å²) in [5, 5.41) is 13.5. The monoisotopic (exact) mass is 531 g/mol. The Morgan fingerprint density at radius 2 is 2.00 bits per heavy atom. The molecule has 0 aromatic carbocycles. The maximum atomic E-state index is 12.7. The van der Waals surface area contributed by atoms with Gasteiger partial charge in [0.1, 0.15) is 5.60 Å². The molecule has 0 bridgehead atoms. The van der Waals surface area contributed by atoms with Crippen LogP contribution in [-0.2, 0) is 28.9 Å². The molecule has 0 spiro atoms. The molecule has 10 heteroatoms. The lowest BCUT2D eigenvalue weighted by molar-refractivity contribution is -0.177.